The van der Waals surface area contributed by atoms with Crippen molar-refractivity contribution in [2.24, 2.45) is 0 Å². The molecule has 0 saturated carbocycles. The Morgan fingerprint density at radius 1 is 1.00 bits per heavy atom. The Morgan fingerprint density at radius 3 is 1.83 bits per heavy atom. The monoisotopic (exact) mass is 291 g/mol. The number of nitrogens with zero attached hydrogens (tertiary/aromatic N) is 1. The van der Waals surface area contributed by atoms with Gasteiger partial charge in [-0.2, -0.15) is 11.8 Å². The van der Waals surface area contributed by atoms with Gasteiger partial charge < -0.3 is 13.3 Å². The number of rotatable bonds is 3. The molecule has 18 heavy (non-hydrogen) atoms. The summed E-state index contributed by atoms with van der Waals surface area (Å²) in [4.78, 5) is 2.39. The predicted octanol–water partition coefficient (Wildman–Crippen LogP) is 1.76. The maximum atomic E-state index is 6.22. The molecular weight excluding hydrogens is 266 g/mol. The van der Waals surface area contributed by atoms with Crippen LogP contribution in [-0.2, 0) is 13.3 Å². The fourth-order valence-corrected chi connectivity index (χ4v) is 7.62. The van der Waals surface area contributed by atoms with Gasteiger partial charge in [0, 0.05) is 19.6 Å². The Kier molecular flexibility index (Phi) is 5.13. The molecule has 0 N–H and O–H groups in total. The largest absolute Gasteiger partial charge is 0.512 e. The minimum Gasteiger partial charge on any atom is -0.369 e. The van der Waals surface area contributed by atoms with Gasteiger partial charge in [-0.05, 0) is 26.5 Å². The molecule has 0 amide bonds. The van der Waals surface area contributed by atoms with Crippen molar-refractivity contribution in [2.75, 3.05) is 30.8 Å². The molecule has 0 aliphatic carbocycles. The van der Waals surface area contributed by atoms with Gasteiger partial charge in [-0.1, -0.05) is 6.92 Å². The van der Waals surface area contributed by atoms with E-state index < -0.39 is 8.80 Å². The first kappa shape index (κ1) is 14.8. The zero-order valence-electron chi connectivity index (χ0n) is 11.8. The number of thioether (sulfide) groups is 1. The van der Waals surface area contributed by atoms with Gasteiger partial charge in [0.1, 0.15) is 0 Å². The van der Waals surface area contributed by atoms with Crippen LogP contribution in [0.2, 0.25) is 0 Å². The van der Waals surface area contributed by atoms with Gasteiger partial charge in [-0.3, -0.25) is 4.90 Å². The van der Waals surface area contributed by atoms with Gasteiger partial charge in [0.25, 0.3) is 0 Å². The molecule has 3 unspecified atom stereocenters. The van der Waals surface area contributed by atoms with Crippen LogP contribution in [0.25, 0.3) is 0 Å². The minimum atomic E-state index is -2.50. The standard InChI is InChI=1S/C12H25NO3SSi/c1-5-17-9-18-14-10(2)6-13(7-11(3)15-18)8-12(4)16-18/h10-12H,5-9H2,1-4H3. The maximum absolute atomic E-state index is 6.22. The molecule has 0 aromatic heterocycles. The third kappa shape index (κ3) is 3.71. The third-order valence-corrected chi connectivity index (χ3v) is 8.09. The fraction of sp³-hybridized carbons (Fsp3) is 1.00. The van der Waals surface area contributed by atoms with E-state index in [-0.39, 0.29) is 18.3 Å². The summed E-state index contributed by atoms with van der Waals surface area (Å²) < 4.78 is 18.7. The average molecular weight is 291 g/mol. The van der Waals surface area contributed by atoms with Crippen molar-refractivity contribution in [1.82, 2.24) is 4.90 Å². The first-order chi connectivity index (χ1) is 8.53. The summed E-state index contributed by atoms with van der Waals surface area (Å²) in [5.41, 5.74) is 0. The normalized spacial score (nSPS) is 45.3. The highest BCUT2D eigenvalue weighted by Crippen LogP contribution is 2.27. The molecule has 3 aliphatic heterocycles. The molecular formula is C12H25NO3SSi. The van der Waals surface area contributed by atoms with E-state index in [0.29, 0.717) is 0 Å². The van der Waals surface area contributed by atoms with E-state index in [4.69, 9.17) is 13.3 Å². The van der Waals surface area contributed by atoms with Crippen LogP contribution in [0.3, 0.4) is 0 Å². The average Bonchev–Trinajstić information content (AvgIpc) is 2.21. The van der Waals surface area contributed by atoms with Crippen molar-refractivity contribution >= 4 is 20.6 Å². The van der Waals surface area contributed by atoms with Crippen molar-refractivity contribution in [3.8, 4) is 0 Å². The van der Waals surface area contributed by atoms with E-state index in [2.05, 4.69) is 32.6 Å². The molecule has 3 rings (SSSR count). The topological polar surface area (TPSA) is 30.9 Å². The summed E-state index contributed by atoms with van der Waals surface area (Å²) in [5, 5.41) is 0.878. The summed E-state index contributed by atoms with van der Waals surface area (Å²) in [6.45, 7) is 11.5. The van der Waals surface area contributed by atoms with E-state index >= 15 is 0 Å². The first-order valence-corrected chi connectivity index (χ1v) is 9.95. The zero-order chi connectivity index (χ0) is 13.2. The lowest BCUT2D eigenvalue weighted by Gasteiger charge is -2.45. The first-order valence-electron chi connectivity index (χ1n) is 6.86. The van der Waals surface area contributed by atoms with Crippen molar-refractivity contribution in [2.45, 2.75) is 46.0 Å². The van der Waals surface area contributed by atoms with Crippen LogP contribution in [0.5, 0.6) is 0 Å². The molecule has 3 fully saturated rings. The molecule has 0 spiro atoms. The third-order valence-electron chi connectivity index (χ3n) is 3.17. The van der Waals surface area contributed by atoms with E-state index in [0.717, 1.165) is 30.8 Å². The highest BCUT2D eigenvalue weighted by Gasteiger charge is 2.49. The Hall–Kier alpha value is 0.407. The molecule has 6 heteroatoms. The van der Waals surface area contributed by atoms with E-state index in [1.54, 1.807) is 0 Å². The van der Waals surface area contributed by atoms with Crippen LogP contribution in [0.4, 0.5) is 0 Å². The van der Waals surface area contributed by atoms with Crippen molar-refractivity contribution in [1.29, 1.82) is 0 Å². The lowest BCUT2D eigenvalue weighted by Crippen LogP contribution is -2.62. The van der Waals surface area contributed by atoms with Crippen LogP contribution in [0.1, 0.15) is 27.7 Å². The van der Waals surface area contributed by atoms with Crippen LogP contribution in [0.15, 0.2) is 0 Å². The van der Waals surface area contributed by atoms with Gasteiger partial charge in [0.05, 0.1) is 23.7 Å². The Morgan fingerprint density at radius 2 is 1.44 bits per heavy atom. The van der Waals surface area contributed by atoms with Gasteiger partial charge >= 0.3 is 8.80 Å². The molecule has 3 saturated heterocycles. The molecule has 3 heterocycles. The van der Waals surface area contributed by atoms with Gasteiger partial charge in [0.15, 0.2) is 0 Å². The number of hydrogen-bond donors (Lipinski definition) is 0. The second-order valence-corrected chi connectivity index (χ2v) is 9.54. The lowest BCUT2D eigenvalue weighted by molar-refractivity contribution is -0.0758. The minimum absolute atomic E-state index is 0.203. The van der Waals surface area contributed by atoms with Crippen LogP contribution in [0, 0.1) is 0 Å². The van der Waals surface area contributed by atoms with Crippen LogP contribution < -0.4 is 0 Å². The smallest absolute Gasteiger partial charge is 0.369 e. The molecule has 0 aromatic rings. The lowest BCUT2D eigenvalue weighted by atomic mass is 10.2. The summed E-state index contributed by atoms with van der Waals surface area (Å²) in [6, 6.07) is 0. The highest BCUT2D eigenvalue weighted by atomic mass is 32.2. The summed E-state index contributed by atoms with van der Waals surface area (Å²) >= 11 is 1.87. The van der Waals surface area contributed by atoms with E-state index in [9.17, 15) is 0 Å². The summed E-state index contributed by atoms with van der Waals surface area (Å²) in [6.07, 6.45) is 0.609. The zero-order valence-corrected chi connectivity index (χ0v) is 13.7. The Balaban J connectivity index is 2.18. The summed E-state index contributed by atoms with van der Waals surface area (Å²) in [5.74, 6) is 1.08. The molecule has 2 bridgehead atoms. The second kappa shape index (κ2) is 6.24. The summed E-state index contributed by atoms with van der Waals surface area (Å²) in [7, 11) is -2.50. The van der Waals surface area contributed by atoms with Gasteiger partial charge in [0.2, 0.25) is 0 Å². The Bertz CT molecular complexity index is 246. The SMILES string of the molecule is CCSC[Si]12OC(C)CN(CC(C)O1)CC(C)O2. The molecule has 0 aromatic carbocycles. The maximum Gasteiger partial charge on any atom is 0.512 e. The fourth-order valence-electron chi connectivity index (χ4n) is 2.76. The van der Waals surface area contributed by atoms with Crippen molar-refractivity contribution < 1.29 is 13.3 Å². The quantitative estimate of drug-likeness (QED) is 0.740. The van der Waals surface area contributed by atoms with Crippen molar-refractivity contribution in [3.63, 3.8) is 0 Å². The molecule has 3 aliphatic rings. The van der Waals surface area contributed by atoms with E-state index in [1.165, 1.54) is 0 Å². The van der Waals surface area contributed by atoms with Crippen LogP contribution in [-0.4, -0.2) is 62.8 Å². The molecule has 0 radical (unpaired) electrons. The van der Waals surface area contributed by atoms with Crippen LogP contribution >= 0.6 is 11.8 Å². The Labute approximate surface area is 116 Å². The number of fused-ring (bicyclic) bond motifs is 6. The van der Waals surface area contributed by atoms with E-state index in [1.807, 2.05) is 11.8 Å². The molecule has 3 atom stereocenters. The van der Waals surface area contributed by atoms with Gasteiger partial charge in [-0.25, -0.2) is 0 Å². The van der Waals surface area contributed by atoms with Crippen molar-refractivity contribution in [3.05, 3.63) is 0 Å². The van der Waals surface area contributed by atoms with Gasteiger partial charge in [-0.15, -0.1) is 0 Å². The molecule has 4 nitrogen and oxygen atoms in total. The molecule has 106 valence electrons. The highest BCUT2D eigenvalue weighted by molar-refractivity contribution is 8.00. The number of hydrogen-bond acceptors (Lipinski definition) is 5. The second-order valence-electron chi connectivity index (χ2n) is 5.32. The predicted molar refractivity (Wildman–Crippen MR) is 76.8 cm³/mol.